The summed E-state index contributed by atoms with van der Waals surface area (Å²) < 4.78 is 4.11. The lowest BCUT2D eigenvalue weighted by molar-refractivity contribution is 0.682. The predicted molar refractivity (Wildman–Crippen MR) is 71.1 cm³/mol. The van der Waals surface area contributed by atoms with E-state index < -0.39 is 0 Å². The van der Waals surface area contributed by atoms with Gasteiger partial charge in [0.2, 0.25) is 0 Å². The summed E-state index contributed by atoms with van der Waals surface area (Å²) in [4.78, 5) is 12.5. The molecule has 18 heavy (non-hydrogen) atoms. The molecule has 0 amide bonds. The van der Waals surface area contributed by atoms with Crippen LogP contribution in [-0.2, 0) is 7.05 Å². The molecule has 5 nitrogen and oxygen atoms in total. The number of aromatic amines is 1. The average molecular weight is 262 g/mol. The summed E-state index contributed by atoms with van der Waals surface area (Å²) in [6.07, 6.45) is 2.17. The molecular formula is C12H14N4OS. The first-order chi connectivity index (χ1) is 8.59. The molecule has 1 aliphatic rings. The number of aromatic nitrogens is 4. The van der Waals surface area contributed by atoms with Crippen molar-refractivity contribution in [3.8, 4) is 11.4 Å². The van der Waals surface area contributed by atoms with Crippen molar-refractivity contribution in [1.82, 2.24) is 19.3 Å². The third-order valence-electron chi connectivity index (χ3n) is 3.35. The zero-order valence-corrected chi connectivity index (χ0v) is 11.1. The van der Waals surface area contributed by atoms with Crippen molar-refractivity contribution in [2.24, 2.45) is 7.05 Å². The molecule has 94 valence electrons. The fourth-order valence-corrected chi connectivity index (χ4v) is 2.32. The second kappa shape index (κ2) is 3.91. The first-order valence-corrected chi connectivity index (χ1v) is 6.34. The van der Waals surface area contributed by atoms with E-state index in [2.05, 4.69) is 10.2 Å². The van der Waals surface area contributed by atoms with E-state index in [0.717, 1.165) is 18.5 Å². The predicted octanol–water partition coefficient (Wildman–Crippen LogP) is 1.95. The molecule has 0 spiro atoms. The highest BCUT2D eigenvalue weighted by atomic mass is 32.1. The number of H-pyrrole nitrogens is 1. The van der Waals surface area contributed by atoms with Crippen LogP contribution in [-0.4, -0.2) is 19.3 Å². The maximum Gasteiger partial charge on any atom is 0.262 e. The number of rotatable bonds is 2. The maximum absolute atomic E-state index is 12.5. The molecule has 1 N–H and O–H groups in total. The molecule has 1 aliphatic carbocycles. The molecule has 3 rings (SSSR count). The molecule has 0 aromatic carbocycles. The van der Waals surface area contributed by atoms with E-state index >= 15 is 0 Å². The van der Waals surface area contributed by atoms with Crippen molar-refractivity contribution in [2.75, 3.05) is 0 Å². The van der Waals surface area contributed by atoms with E-state index in [1.54, 1.807) is 4.57 Å². The molecule has 0 unspecified atom stereocenters. The van der Waals surface area contributed by atoms with Crippen LogP contribution in [0.3, 0.4) is 0 Å². The largest absolute Gasteiger partial charge is 0.309 e. The van der Waals surface area contributed by atoms with Crippen LogP contribution in [0, 0.1) is 11.7 Å². The first-order valence-electron chi connectivity index (χ1n) is 5.93. The highest BCUT2D eigenvalue weighted by Gasteiger charge is 2.27. The van der Waals surface area contributed by atoms with Gasteiger partial charge in [0.05, 0.1) is 5.56 Å². The number of nitrogens with zero attached hydrogens (tertiary/aromatic N) is 3. The van der Waals surface area contributed by atoms with E-state index in [1.807, 2.05) is 30.7 Å². The molecule has 2 aromatic heterocycles. The Morgan fingerprint density at radius 3 is 2.72 bits per heavy atom. The summed E-state index contributed by atoms with van der Waals surface area (Å²) in [5, 5.41) is 6.84. The SMILES string of the molecule is Cc1ccc(-c2n[nH]c(=S)n2C)c(=O)n1C1CC1. The van der Waals surface area contributed by atoms with Crippen molar-refractivity contribution >= 4 is 12.2 Å². The Morgan fingerprint density at radius 2 is 2.17 bits per heavy atom. The molecule has 0 radical (unpaired) electrons. The van der Waals surface area contributed by atoms with Crippen molar-refractivity contribution in [3.63, 3.8) is 0 Å². The second-order valence-electron chi connectivity index (χ2n) is 4.71. The number of hydrogen-bond donors (Lipinski definition) is 1. The summed E-state index contributed by atoms with van der Waals surface area (Å²) in [6.45, 7) is 1.96. The minimum Gasteiger partial charge on any atom is -0.309 e. The van der Waals surface area contributed by atoms with E-state index in [1.165, 1.54) is 0 Å². The quantitative estimate of drug-likeness (QED) is 0.842. The van der Waals surface area contributed by atoms with Gasteiger partial charge in [-0.2, -0.15) is 5.10 Å². The lowest BCUT2D eigenvalue weighted by atomic mass is 10.2. The van der Waals surface area contributed by atoms with Gasteiger partial charge in [0, 0.05) is 18.8 Å². The van der Waals surface area contributed by atoms with Crippen LogP contribution in [0.1, 0.15) is 24.6 Å². The van der Waals surface area contributed by atoms with Crippen molar-refractivity contribution in [1.29, 1.82) is 0 Å². The Labute approximate surface area is 109 Å². The molecule has 0 atom stereocenters. The smallest absolute Gasteiger partial charge is 0.262 e. The summed E-state index contributed by atoms with van der Waals surface area (Å²) >= 11 is 5.08. The molecule has 2 heterocycles. The molecule has 0 aliphatic heterocycles. The standard InChI is InChI=1S/C12H14N4OS/c1-7-3-6-9(10-13-14-12(18)15(10)2)11(17)16(7)8-4-5-8/h3,6,8H,4-5H2,1-2H3,(H,14,18). The monoisotopic (exact) mass is 262 g/mol. The third-order valence-corrected chi connectivity index (χ3v) is 3.72. The van der Waals surface area contributed by atoms with Gasteiger partial charge >= 0.3 is 0 Å². The minimum absolute atomic E-state index is 0.0228. The lowest BCUT2D eigenvalue weighted by Crippen LogP contribution is -2.23. The second-order valence-corrected chi connectivity index (χ2v) is 5.09. The summed E-state index contributed by atoms with van der Waals surface area (Å²) in [7, 11) is 1.81. The van der Waals surface area contributed by atoms with Gasteiger partial charge in [0.25, 0.3) is 5.56 Å². The Kier molecular flexibility index (Phi) is 2.48. The number of hydrogen-bond acceptors (Lipinski definition) is 3. The topological polar surface area (TPSA) is 55.6 Å². The molecular weight excluding hydrogens is 248 g/mol. The summed E-state index contributed by atoms with van der Waals surface area (Å²) in [6, 6.07) is 4.15. The van der Waals surface area contributed by atoms with Crippen molar-refractivity contribution in [2.45, 2.75) is 25.8 Å². The van der Waals surface area contributed by atoms with Gasteiger partial charge < -0.3 is 9.13 Å². The Morgan fingerprint density at radius 1 is 1.44 bits per heavy atom. The van der Waals surface area contributed by atoms with Gasteiger partial charge in [0.1, 0.15) is 0 Å². The zero-order valence-electron chi connectivity index (χ0n) is 10.3. The average Bonchev–Trinajstić information content (AvgIpc) is 3.10. The highest BCUT2D eigenvalue weighted by molar-refractivity contribution is 7.71. The summed E-state index contributed by atoms with van der Waals surface area (Å²) in [5.41, 5.74) is 1.62. The fourth-order valence-electron chi connectivity index (χ4n) is 2.19. The van der Waals surface area contributed by atoms with Crippen LogP contribution in [0.5, 0.6) is 0 Å². The van der Waals surface area contributed by atoms with Gasteiger partial charge in [0.15, 0.2) is 10.6 Å². The molecule has 1 saturated carbocycles. The van der Waals surface area contributed by atoms with Gasteiger partial charge in [-0.25, -0.2) is 0 Å². The molecule has 2 aromatic rings. The molecule has 0 saturated heterocycles. The molecule has 6 heteroatoms. The number of aryl methyl sites for hydroxylation is 1. The fraction of sp³-hybridized carbons (Fsp3) is 0.417. The van der Waals surface area contributed by atoms with Crippen LogP contribution in [0.4, 0.5) is 0 Å². The van der Waals surface area contributed by atoms with Gasteiger partial charge in [-0.15, -0.1) is 0 Å². The Balaban J connectivity index is 2.25. The summed E-state index contributed by atoms with van der Waals surface area (Å²) in [5.74, 6) is 0.597. The van der Waals surface area contributed by atoms with Crippen molar-refractivity contribution in [3.05, 3.63) is 33.0 Å². The van der Waals surface area contributed by atoms with E-state index in [4.69, 9.17) is 12.2 Å². The van der Waals surface area contributed by atoms with Gasteiger partial charge in [-0.3, -0.25) is 9.89 Å². The zero-order chi connectivity index (χ0) is 12.9. The highest BCUT2D eigenvalue weighted by Crippen LogP contribution is 2.34. The van der Waals surface area contributed by atoms with Crippen LogP contribution in [0.25, 0.3) is 11.4 Å². The Hall–Kier alpha value is -1.69. The van der Waals surface area contributed by atoms with Crippen LogP contribution in [0.2, 0.25) is 0 Å². The van der Waals surface area contributed by atoms with Gasteiger partial charge in [-0.05, 0) is 44.1 Å². The first kappa shape index (κ1) is 11.4. The molecule has 0 bridgehead atoms. The minimum atomic E-state index is 0.0228. The van der Waals surface area contributed by atoms with Crippen LogP contribution in [0.15, 0.2) is 16.9 Å². The van der Waals surface area contributed by atoms with Gasteiger partial charge in [-0.1, -0.05) is 0 Å². The third kappa shape index (κ3) is 1.64. The van der Waals surface area contributed by atoms with E-state index in [9.17, 15) is 4.79 Å². The van der Waals surface area contributed by atoms with Crippen LogP contribution < -0.4 is 5.56 Å². The Bertz CT molecular complexity index is 720. The van der Waals surface area contributed by atoms with E-state index in [0.29, 0.717) is 22.2 Å². The molecule has 1 fully saturated rings. The maximum atomic E-state index is 12.5. The van der Waals surface area contributed by atoms with Crippen LogP contribution >= 0.6 is 12.2 Å². The number of pyridine rings is 1. The number of nitrogens with one attached hydrogen (secondary N) is 1. The van der Waals surface area contributed by atoms with E-state index in [-0.39, 0.29) is 5.56 Å². The lowest BCUT2D eigenvalue weighted by Gasteiger charge is -2.10. The van der Waals surface area contributed by atoms with Crippen molar-refractivity contribution < 1.29 is 0 Å². The normalized spacial score (nSPS) is 15.0.